The minimum absolute atomic E-state index is 0.168. The number of nitro benzene ring substituents is 1. The largest absolute Gasteiger partial charge is 0.273 e. The van der Waals surface area contributed by atoms with Crippen LogP contribution in [0.3, 0.4) is 0 Å². The van der Waals surface area contributed by atoms with Crippen LogP contribution in [-0.4, -0.2) is 22.8 Å². The molecule has 2 heterocycles. The quantitative estimate of drug-likeness (QED) is 0.319. The summed E-state index contributed by atoms with van der Waals surface area (Å²) in [6, 6.07) is 19.2. The summed E-state index contributed by atoms with van der Waals surface area (Å²) in [5, 5.41) is 13.1. The molecule has 3 unspecified atom stereocenters. The van der Waals surface area contributed by atoms with Gasteiger partial charge in [0.25, 0.3) is 11.6 Å². The molecule has 3 aromatic carbocycles. The van der Waals surface area contributed by atoms with Crippen molar-refractivity contribution in [3.63, 3.8) is 0 Å². The monoisotopic (exact) mass is 463 g/mol. The molecule has 2 saturated heterocycles. The predicted molar refractivity (Wildman–Crippen MR) is 122 cm³/mol. The molecule has 0 N–H and O–H groups in total. The van der Waals surface area contributed by atoms with Crippen LogP contribution in [0.5, 0.6) is 0 Å². The zero-order chi connectivity index (χ0) is 23.3. The predicted octanol–water partition coefficient (Wildman–Crippen LogP) is 4.61. The minimum atomic E-state index is -1.08. The molecule has 8 nitrogen and oxygen atoms in total. The number of hydrogen-bond donors (Lipinski definition) is 0. The SMILES string of the molecule is Cc1ccc(N2C(=O)C3ON(c4ccccc4)C(c4cc([N+](=O)[O-])ccc4Cl)C3C2=O)cc1. The lowest BCUT2D eigenvalue weighted by Crippen LogP contribution is -2.37. The fraction of sp³-hybridized carbons (Fsp3) is 0.167. The maximum atomic E-state index is 13.6. The zero-order valence-corrected chi connectivity index (χ0v) is 18.2. The Labute approximate surface area is 194 Å². The molecule has 3 atom stereocenters. The highest BCUT2D eigenvalue weighted by Gasteiger charge is 2.60. The molecule has 5 rings (SSSR count). The molecule has 3 aromatic rings. The number of hydrogen-bond acceptors (Lipinski definition) is 6. The van der Waals surface area contributed by atoms with Crippen LogP contribution >= 0.6 is 11.6 Å². The summed E-state index contributed by atoms with van der Waals surface area (Å²) in [4.78, 5) is 45.0. The molecule has 2 amide bonds. The van der Waals surface area contributed by atoms with E-state index in [2.05, 4.69) is 0 Å². The molecule has 9 heteroatoms. The number of anilines is 2. The van der Waals surface area contributed by atoms with E-state index < -0.39 is 34.8 Å². The number of non-ortho nitro benzene ring substituents is 1. The Hall–Kier alpha value is -3.75. The third kappa shape index (κ3) is 3.44. The molecule has 0 saturated carbocycles. The number of benzene rings is 3. The van der Waals surface area contributed by atoms with Gasteiger partial charge in [-0.05, 0) is 37.3 Å². The van der Waals surface area contributed by atoms with Crippen molar-refractivity contribution in [3.05, 3.63) is 99.1 Å². The van der Waals surface area contributed by atoms with E-state index in [9.17, 15) is 19.7 Å². The van der Waals surface area contributed by atoms with E-state index in [4.69, 9.17) is 16.4 Å². The number of rotatable bonds is 4. The van der Waals surface area contributed by atoms with Crippen LogP contribution in [0.15, 0.2) is 72.8 Å². The Balaban J connectivity index is 1.63. The van der Waals surface area contributed by atoms with E-state index in [1.54, 1.807) is 36.4 Å². The summed E-state index contributed by atoms with van der Waals surface area (Å²) in [5.74, 6) is -1.86. The average Bonchev–Trinajstić information content (AvgIpc) is 3.31. The van der Waals surface area contributed by atoms with Crippen molar-refractivity contribution in [3.8, 4) is 0 Å². The van der Waals surface area contributed by atoms with E-state index in [0.29, 0.717) is 16.9 Å². The molecular formula is C24H18ClN3O5. The smallest absolute Gasteiger partial charge is 0.269 e. The van der Waals surface area contributed by atoms with E-state index in [1.807, 2.05) is 25.1 Å². The highest BCUT2D eigenvalue weighted by molar-refractivity contribution is 6.31. The second kappa shape index (κ2) is 7.99. The number of para-hydroxylation sites is 1. The van der Waals surface area contributed by atoms with E-state index in [0.717, 1.165) is 10.5 Å². The van der Waals surface area contributed by atoms with Crippen LogP contribution in [0.4, 0.5) is 17.1 Å². The summed E-state index contributed by atoms with van der Waals surface area (Å²) in [6.45, 7) is 1.91. The van der Waals surface area contributed by atoms with E-state index in [1.165, 1.54) is 23.3 Å². The Morgan fingerprint density at radius 2 is 1.64 bits per heavy atom. The van der Waals surface area contributed by atoms with Gasteiger partial charge in [-0.15, -0.1) is 0 Å². The Morgan fingerprint density at radius 3 is 2.30 bits per heavy atom. The van der Waals surface area contributed by atoms with Gasteiger partial charge in [-0.3, -0.25) is 24.5 Å². The molecule has 2 aliphatic rings. The number of halogens is 1. The molecular weight excluding hydrogens is 446 g/mol. The van der Waals surface area contributed by atoms with Gasteiger partial charge in [-0.2, -0.15) is 0 Å². The number of fused-ring (bicyclic) bond motifs is 1. The lowest BCUT2D eigenvalue weighted by Gasteiger charge is -2.29. The third-order valence-corrected chi connectivity index (χ3v) is 6.27. The summed E-state index contributed by atoms with van der Waals surface area (Å²) >= 11 is 6.46. The lowest BCUT2D eigenvalue weighted by molar-refractivity contribution is -0.384. The Bertz CT molecular complexity index is 1260. The number of aryl methyl sites for hydroxylation is 1. The number of nitrogens with zero attached hydrogens (tertiary/aromatic N) is 3. The highest BCUT2D eigenvalue weighted by atomic mass is 35.5. The number of nitro groups is 1. The van der Waals surface area contributed by atoms with Gasteiger partial charge < -0.3 is 0 Å². The normalized spacial score (nSPS) is 22.1. The maximum Gasteiger partial charge on any atom is 0.269 e. The van der Waals surface area contributed by atoms with E-state index >= 15 is 0 Å². The van der Waals surface area contributed by atoms with Gasteiger partial charge >= 0.3 is 0 Å². The van der Waals surface area contributed by atoms with Crippen molar-refractivity contribution < 1.29 is 19.3 Å². The first kappa shape index (κ1) is 21.1. The van der Waals surface area contributed by atoms with Gasteiger partial charge in [0.15, 0.2) is 6.10 Å². The number of carbonyl (C=O) groups excluding carboxylic acids is 2. The second-order valence-corrected chi connectivity index (χ2v) is 8.38. The van der Waals surface area contributed by atoms with Gasteiger partial charge in [0.05, 0.1) is 22.3 Å². The number of amides is 2. The molecule has 0 bridgehead atoms. The van der Waals surface area contributed by atoms with Crippen LogP contribution in [0.1, 0.15) is 17.2 Å². The van der Waals surface area contributed by atoms with Crippen molar-refractivity contribution in [2.24, 2.45) is 5.92 Å². The van der Waals surface area contributed by atoms with Crippen LogP contribution in [0, 0.1) is 23.0 Å². The minimum Gasteiger partial charge on any atom is -0.273 e. The molecule has 166 valence electrons. The fourth-order valence-electron chi connectivity index (χ4n) is 4.35. The van der Waals surface area contributed by atoms with Crippen LogP contribution in [0.25, 0.3) is 0 Å². The average molecular weight is 464 g/mol. The summed E-state index contributed by atoms with van der Waals surface area (Å²) in [5.41, 5.74) is 2.21. The van der Waals surface area contributed by atoms with Gasteiger partial charge in [-0.25, -0.2) is 9.96 Å². The number of carbonyl (C=O) groups is 2. The van der Waals surface area contributed by atoms with Crippen molar-refractivity contribution in [2.75, 3.05) is 9.96 Å². The van der Waals surface area contributed by atoms with Crippen molar-refractivity contribution in [1.29, 1.82) is 0 Å². The van der Waals surface area contributed by atoms with Crippen LogP contribution < -0.4 is 9.96 Å². The zero-order valence-electron chi connectivity index (χ0n) is 17.4. The molecule has 2 aliphatic heterocycles. The fourth-order valence-corrected chi connectivity index (χ4v) is 4.58. The molecule has 0 aliphatic carbocycles. The van der Waals surface area contributed by atoms with Crippen molar-refractivity contribution in [1.82, 2.24) is 0 Å². The van der Waals surface area contributed by atoms with Gasteiger partial charge in [0.2, 0.25) is 5.91 Å². The first-order valence-corrected chi connectivity index (χ1v) is 10.6. The number of imide groups is 1. The summed E-state index contributed by atoms with van der Waals surface area (Å²) in [6.07, 6.45) is -1.08. The summed E-state index contributed by atoms with van der Waals surface area (Å²) < 4.78 is 0. The second-order valence-electron chi connectivity index (χ2n) is 7.97. The lowest BCUT2D eigenvalue weighted by atomic mass is 9.90. The Kier molecular flexibility index (Phi) is 5.11. The van der Waals surface area contributed by atoms with Gasteiger partial charge in [0, 0.05) is 22.7 Å². The first-order valence-electron chi connectivity index (χ1n) is 10.3. The topological polar surface area (TPSA) is 93.0 Å². The summed E-state index contributed by atoms with van der Waals surface area (Å²) in [7, 11) is 0. The standard InChI is InChI=1S/C24H18ClN3O5/c1-14-7-9-15(10-8-14)26-23(29)20-21(18-13-17(28(31)32)11-12-19(18)25)27(33-22(20)24(26)30)16-5-3-2-4-6-16/h2-13,20-22H,1H3. The van der Waals surface area contributed by atoms with Gasteiger partial charge in [-0.1, -0.05) is 47.5 Å². The number of hydroxylamine groups is 1. The van der Waals surface area contributed by atoms with Crippen molar-refractivity contribution in [2.45, 2.75) is 19.1 Å². The molecule has 2 fully saturated rings. The highest BCUT2D eigenvalue weighted by Crippen LogP contribution is 2.49. The van der Waals surface area contributed by atoms with Crippen molar-refractivity contribution >= 4 is 40.5 Å². The molecule has 0 aromatic heterocycles. The molecule has 0 radical (unpaired) electrons. The van der Waals surface area contributed by atoms with Crippen LogP contribution in [0.2, 0.25) is 5.02 Å². The van der Waals surface area contributed by atoms with Crippen LogP contribution in [-0.2, 0) is 14.4 Å². The third-order valence-electron chi connectivity index (χ3n) is 5.93. The maximum absolute atomic E-state index is 13.6. The van der Waals surface area contributed by atoms with E-state index in [-0.39, 0.29) is 10.7 Å². The Morgan fingerprint density at radius 1 is 0.939 bits per heavy atom. The molecule has 0 spiro atoms. The first-order chi connectivity index (χ1) is 15.9. The molecule has 33 heavy (non-hydrogen) atoms. The van der Waals surface area contributed by atoms with Gasteiger partial charge in [0.1, 0.15) is 5.92 Å².